The standard InChI is InChI=1S/C13H17N3O2S/c1-15-5-6-16(13(15)17)7-8-18-11-4-2-3-10(9-11)12(14)19/h2-4,9H,5-8H2,1H3,(H2,14,19). The molecule has 0 saturated carbocycles. The van der Waals surface area contributed by atoms with E-state index >= 15 is 0 Å². The molecule has 5 nitrogen and oxygen atoms in total. The molecule has 2 amide bonds. The van der Waals surface area contributed by atoms with Crippen LogP contribution in [-0.4, -0.2) is 54.1 Å². The molecule has 1 aliphatic rings. The predicted octanol–water partition coefficient (Wildman–Crippen LogP) is 1.07. The van der Waals surface area contributed by atoms with Gasteiger partial charge in [-0.05, 0) is 12.1 Å². The number of thiocarbonyl (C=S) groups is 1. The fourth-order valence-electron chi connectivity index (χ4n) is 1.92. The maximum Gasteiger partial charge on any atom is 0.319 e. The van der Waals surface area contributed by atoms with Crippen LogP contribution in [0.2, 0.25) is 0 Å². The maximum atomic E-state index is 11.7. The van der Waals surface area contributed by atoms with Gasteiger partial charge in [-0.25, -0.2) is 4.79 Å². The van der Waals surface area contributed by atoms with Crippen LogP contribution in [0.15, 0.2) is 24.3 Å². The van der Waals surface area contributed by atoms with Gasteiger partial charge in [0, 0.05) is 25.7 Å². The second-order valence-electron chi connectivity index (χ2n) is 4.43. The largest absolute Gasteiger partial charge is 0.492 e. The van der Waals surface area contributed by atoms with Crippen LogP contribution in [0.1, 0.15) is 5.56 Å². The molecule has 19 heavy (non-hydrogen) atoms. The first-order chi connectivity index (χ1) is 9.08. The number of carbonyl (C=O) groups is 1. The number of urea groups is 1. The third kappa shape index (κ3) is 3.35. The third-order valence-corrected chi connectivity index (χ3v) is 3.29. The number of amides is 2. The van der Waals surface area contributed by atoms with Crippen molar-refractivity contribution < 1.29 is 9.53 Å². The number of benzene rings is 1. The van der Waals surface area contributed by atoms with Crippen LogP contribution in [0.25, 0.3) is 0 Å². The van der Waals surface area contributed by atoms with Gasteiger partial charge < -0.3 is 20.3 Å². The van der Waals surface area contributed by atoms with Crippen molar-refractivity contribution in [3.8, 4) is 5.75 Å². The van der Waals surface area contributed by atoms with Crippen LogP contribution in [-0.2, 0) is 0 Å². The van der Waals surface area contributed by atoms with Crippen LogP contribution in [0.3, 0.4) is 0 Å². The van der Waals surface area contributed by atoms with Crippen molar-refractivity contribution in [2.75, 3.05) is 33.3 Å². The number of ether oxygens (including phenoxy) is 1. The van der Waals surface area contributed by atoms with Gasteiger partial charge in [0.1, 0.15) is 17.3 Å². The summed E-state index contributed by atoms with van der Waals surface area (Å²) in [6.07, 6.45) is 0. The van der Waals surface area contributed by atoms with E-state index < -0.39 is 0 Å². The topological polar surface area (TPSA) is 58.8 Å². The highest BCUT2D eigenvalue weighted by atomic mass is 32.1. The van der Waals surface area contributed by atoms with Crippen molar-refractivity contribution in [3.05, 3.63) is 29.8 Å². The van der Waals surface area contributed by atoms with E-state index in [4.69, 9.17) is 22.7 Å². The van der Waals surface area contributed by atoms with Crippen molar-refractivity contribution >= 4 is 23.2 Å². The normalized spacial score (nSPS) is 14.9. The van der Waals surface area contributed by atoms with Crippen LogP contribution in [0, 0.1) is 0 Å². The van der Waals surface area contributed by atoms with Gasteiger partial charge in [0.05, 0.1) is 6.54 Å². The van der Waals surface area contributed by atoms with Gasteiger partial charge in [0.15, 0.2) is 0 Å². The van der Waals surface area contributed by atoms with Gasteiger partial charge in [-0.3, -0.25) is 0 Å². The highest BCUT2D eigenvalue weighted by Crippen LogP contribution is 2.13. The van der Waals surface area contributed by atoms with Gasteiger partial charge in [-0.2, -0.15) is 0 Å². The molecule has 0 atom stereocenters. The van der Waals surface area contributed by atoms with E-state index in [-0.39, 0.29) is 6.03 Å². The lowest BCUT2D eigenvalue weighted by atomic mass is 10.2. The fourth-order valence-corrected chi connectivity index (χ4v) is 2.05. The Labute approximate surface area is 117 Å². The van der Waals surface area contributed by atoms with Crippen molar-refractivity contribution in [1.82, 2.24) is 9.80 Å². The number of carbonyl (C=O) groups excluding carboxylic acids is 1. The Morgan fingerprint density at radius 2 is 2.26 bits per heavy atom. The van der Waals surface area contributed by atoms with E-state index in [2.05, 4.69) is 0 Å². The van der Waals surface area contributed by atoms with E-state index in [0.717, 1.165) is 18.7 Å². The van der Waals surface area contributed by atoms with Crippen molar-refractivity contribution in [1.29, 1.82) is 0 Å². The summed E-state index contributed by atoms with van der Waals surface area (Å²) in [4.78, 5) is 15.5. The zero-order chi connectivity index (χ0) is 13.8. The first-order valence-electron chi connectivity index (χ1n) is 6.10. The molecule has 0 radical (unpaired) electrons. The molecule has 1 aromatic carbocycles. The zero-order valence-corrected chi connectivity index (χ0v) is 11.7. The Morgan fingerprint density at radius 1 is 1.47 bits per heavy atom. The molecule has 102 valence electrons. The molecule has 0 aromatic heterocycles. The predicted molar refractivity (Wildman–Crippen MR) is 77.4 cm³/mol. The van der Waals surface area contributed by atoms with Gasteiger partial charge in [-0.15, -0.1) is 0 Å². The molecular formula is C13H17N3O2S. The minimum Gasteiger partial charge on any atom is -0.492 e. The highest BCUT2D eigenvalue weighted by Gasteiger charge is 2.24. The minimum atomic E-state index is 0.0560. The highest BCUT2D eigenvalue weighted by molar-refractivity contribution is 7.80. The Kier molecular flexibility index (Phi) is 4.21. The van der Waals surface area contributed by atoms with Gasteiger partial charge in [0.2, 0.25) is 0 Å². The Bertz CT molecular complexity index is 493. The van der Waals surface area contributed by atoms with Crippen molar-refractivity contribution in [3.63, 3.8) is 0 Å². The quantitative estimate of drug-likeness (QED) is 0.819. The fraction of sp³-hybridized carbons (Fsp3) is 0.385. The van der Waals surface area contributed by atoms with Crippen LogP contribution < -0.4 is 10.5 Å². The average molecular weight is 279 g/mol. The molecule has 6 heteroatoms. The first kappa shape index (κ1) is 13.6. The number of rotatable bonds is 5. The molecule has 1 fully saturated rings. The maximum absolute atomic E-state index is 11.7. The SMILES string of the molecule is CN1CCN(CCOc2cccc(C(N)=S)c2)C1=O. The lowest BCUT2D eigenvalue weighted by Crippen LogP contribution is -2.32. The third-order valence-electron chi connectivity index (χ3n) is 3.05. The molecule has 0 unspecified atom stereocenters. The molecule has 0 bridgehead atoms. The van der Waals surface area contributed by atoms with Crippen LogP contribution in [0.5, 0.6) is 5.75 Å². The second kappa shape index (κ2) is 5.88. The molecule has 1 heterocycles. The minimum absolute atomic E-state index is 0.0560. The van der Waals surface area contributed by atoms with Gasteiger partial charge >= 0.3 is 6.03 Å². The van der Waals surface area contributed by atoms with Crippen molar-refractivity contribution in [2.24, 2.45) is 5.73 Å². The molecule has 1 aromatic rings. The number of hydrogen-bond donors (Lipinski definition) is 1. The van der Waals surface area contributed by atoms with Crippen LogP contribution >= 0.6 is 12.2 Å². The Balaban J connectivity index is 1.84. The lowest BCUT2D eigenvalue weighted by molar-refractivity contribution is 0.188. The summed E-state index contributed by atoms with van der Waals surface area (Å²) >= 11 is 4.91. The number of hydrogen-bond acceptors (Lipinski definition) is 3. The second-order valence-corrected chi connectivity index (χ2v) is 4.87. The van der Waals surface area contributed by atoms with E-state index in [9.17, 15) is 4.79 Å². The summed E-state index contributed by atoms with van der Waals surface area (Å²) in [5.41, 5.74) is 6.34. The summed E-state index contributed by atoms with van der Waals surface area (Å²) in [6, 6.07) is 7.40. The molecule has 0 aliphatic carbocycles. The monoisotopic (exact) mass is 279 g/mol. The molecule has 1 saturated heterocycles. The van der Waals surface area contributed by atoms with Crippen molar-refractivity contribution in [2.45, 2.75) is 0 Å². The molecule has 2 N–H and O–H groups in total. The Morgan fingerprint density at radius 3 is 2.89 bits per heavy atom. The summed E-state index contributed by atoms with van der Waals surface area (Å²) in [5, 5.41) is 0. The Hall–Kier alpha value is -1.82. The van der Waals surface area contributed by atoms with Gasteiger partial charge in [0.25, 0.3) is 0 Å². The summed E-state index contributed by atoms with van der Waals surface area (Å²) in [6.45, 7) is 2.57. The average Bonchev–Trinajstić information content (AvgIpc) is 2.71. The van der Waals surface area contributed by atoms with E-state index in [1.54, 1.807) is 22.9 Å². The van der Waals surface area contributed by atoms with Crippen LogP contribution in [0.4, 0.5) is 4.79 Å². The molecular weight excluding hydrogens is 262 g/mol. The molecule has 0 spiro atoms. The smallest absolute Gasteiger partial charge is 0.319 e. The van der Waals surface area contributed by atoms with E-state index in [1.807, 2.05) is 18.2 Å². The molecule has 1 aliphatic heterocycles. The van der Waals surface area contributed by atoms with E-state index in [1.165, 1.54) is 0 Å². The number of nitrogens with two attached hydrogens (primary N) is 1. The zero-order valence-electron chi connectivity index (χ0n) is 10.8. The summed E-state index contributed by atoms with van der Waals surface area (Å²) < 4.78 is 5.61. The van der Waals surface area contributed by atoms with Gasteiger partial charge in [-0.1, -0.05) is 24.4 Å². The number of nitrogens with zero attached hydrogens (tertiary/aromatic N) is 2. The lowest BCUT2D eigenvalue weighted by Gasteiger charge is -2.16. The summed E-state index contributed by atoms with van der Waals surface area (Å²) in [7, 11) is 1.80. The number of likely N-dealkylation sites (N-methyl/N-ethyl adjacent to an activating group) is 1. The van der Waals surface area contributed by atoms with E-state index in [0.29, 0.717) is 23.9 Å². The molecule has 2 rings (SSSR count). The summed E-state index contributed by atoms with van der Waals surface area (Å²) in [5.74, 6) is 0.713. The first-order valence-corrected chi connectivity index (χ1v) is 6.51.